The number of carboxylic acid groups (broad SMARTS) is 1. The van der Waals surface area contributed by atoms with Crippen LogP contribution in [0.3, 0.4) is 0 Å². The third-order valence-electron chi connectivity index (χ3n) is 3.95. The van der Waals surface area contributed by atoms with E-state index >= 15 is 0 Å². The minimum absolute atomic E-state index is 0.0751. The van der Waals surface area contributed by atoms with Crippen molar-refractivity contribution in [2.24, 2.45) is 5.92 Å². The second-order valence-electron chi connectivity index (χ2n) is 5.01. The van der Waals surface area contributed by atoms with E-state index in [0.29, 0.717) is 17.4 Å². The summed E-state index contributed by atoms with van der Waals surface area (Å²) in [4.78, 5) is 11.0. The van der Waals surface area contributed by atoms with Crippen LogP contribution in [0.1, 0.15) is 37.2 Å². The smallest absolute Gasteiger partial charge is 0.303 e. The van der Waals surface area contributed by atoms with Crippen molar-refractivity contribution in [3.8, 4) is 11.5 Å². The monoisotopic (exact) mass is 264 g/mol. The van der Waals surface area contributed by atoms with Crippen molar-refractivity contribution in [3.05, 3.63) is 23.8 Å². The molecular formula is C15H20O4. The third-order valence-corrected chi connectivity index (χ3v) is 3.95. The summed E-state index contributed by atoms with van der Waals surface area (Å²) in [6.07, 6.45) is 3.62. The number of aliphatic carboxylic acids is 1. The molecule has 0 aromatic heterocycles. The largest absolute Gasteiger partial charge is 0.493 e. The Hall–Kier alpha value is -1.71. The molecule has 4 heteroatoms. The molecule has 0 amide bonds. The average molecular weight is 264 g/mol. The lowest BCUT2D eigenvalue weighted by atomic mass is 9.71. The molecule has 0 spiro atoms. The van der Waals surface area contributed by atoms with Crippen molar-refractivity contribution in [2.75, 3.05) is 14.2 Å². The molecule has 19 heavy (non-hydrogen) atoms. The van der Waals surface area contributed by atoms with Crippen LogP contribution in [0.2, 0.25) is 0 Å². The van der Waals surface area contributed by atoms with Gasteiger partial charge in [0, 0.05) is 0 Å². The van der Waals surface area contributed by atoms with Gasteiger partial charge in [-0.05, 0) is 42.4 Å². The third kappa shape index (κ3) is 3.00. The molecule has 4 nitrogen and oxygen atoms in total. The average Bonchev–Trinajstić information content (AvgIpc) is 2.34. The zero-order chi connectivity index (χ0) is 13.8. The van der Waals surface area contributed by atoms with E-state index in [4.69, 9.17) is 14.6 Å². The molecule has 1 N–H and O–H groups in total. The lowest BCUT2D eigenvalue weighted by Gasteiger charge is -2.33. The van der Waals surface area contributed by atoms with E-state index in [0.717, 1.165) is 18.4 Å². The molecule has 104 valence electrons. The van der Waals surface area contributed by atoms with Gasteiger partial charge in [-0.2, -0.15) is 0 Å². The van der Waals surface area contributed by atoms with E-state index in [9.17, 15) is 4.79 Å². The van der Waals surface area contributed by atoms with Crippen LogP contribution in [-0.4, -0.2) is 25.3 Å². The summed E-state index contributed by atoms with van der Waals surface area (Å²) in [5, 5.41) is 9.09. The zero-order valence-electron chi connectivity index (χ0n) is 11.4. The molecule has 1 saturated carbocycles. The summed E-state index contributed by atoms with van der Waals surface area (Å²) in [5.41, 5.74) is 1.03. The number of hydrogen-bond acceptors (Lipinski definition) is 3. The highest BCUT2D eigenvalue weighted by atomic mass is 16.5. The SMILES string of the molecule is COc1ccc(C(CC(=O)O)C2CCC2)cc1OC. The summed E-state index contributed by atoms with van der Waals surface area (Å²) in [6.45, 7) is 0. The lowest BCUT2D eigenvalue weighted by Crippen LogP contribution is -2.22. The number of rotatable bonds is 6. The van der Waals surface area contributed by atoms with Gasteiger partial charge in [-0.15, -0.1) is 0 Å². The van der Waals surface area contributed by atoms with Gasteiger partial charge in [0.1, 0.15) is 0 Å². The minimum atomic E-state index is -0.744. The van der Waals surface area contributed by atoms with Gasteiger partial charge in [-0.3, -0.25) is 4.79 Å². The quantitative estimate of drug-likeness (QED) is 0.858. The normalized spacial score (nSPS) is 16.5. The topological polar surface area (TPSA) is 55.8 Å². The van der Waals surface area contributed by atoms with Gasteiger partial charge in [0.05, 0.1) is 20.6 Å². The van der Waals surface area contributed by atoms with Gasteiger partial charge < -0.3 is 14.6 Å². The summed E-state index contributed by atoms with van der Waals surface area (Å²) >= 11 is 0. The van der Waals surface area contributed by atoms with Gasteiger partial charge in [0.2, 0.25) is 0 Å². The van der Waals surface area contributed by atoms with Gasteiger partial charge in [-0.1, -0.05) is 12.5 Å². The maximum Gasteiger partial charge on any atom is 0.303 e. The first kappa shape index (κ1) is 13.7. The van der Waals surface area contributed by atoms with Gasteiger partial charge in [0.15, 0.2) is 11.5 Å². The predicted molar refractivity (Wildman–Crippen MR) is 71.9 cm³/mol. The fourth-order valence-corrected chi connectivity index (χ4v) is 2.67. The molecule has 1 aliphatic rings. The molecule has 1 aromatic carbocycles. The van der Waals surface area contributed by atoms with E-state index in [1.807, 2.05) is 18.2 Å². The van der Waals surface area contributed by atoms with Crippen molar-refractivity contribution in [1.82, 2.24) is 0 Å². The van der Waals surface area contributed by atoms with E-state index in [2.05, 4.69) is 0 Å². The van der Waals surface area contributed by atoms with E-state index < -0.39 is 5.97 Å². The van der Waals surface area contributed by atoms with Crippen molar-refractivity contribution in [3.63, 3.8) is 0 Å². The Bertz CT molecular complexity index is 451. The predicted octanol–water partition coefficient (Wildman–Crippen LogP) is 3.06. The molecule has 0 aliphatic heterocycles. The summed E-state index contributed by atoms with van der Waals surface area (Å²) in [7, 11) is 3.19. The summed E-state index contributed by atoms with van der Waals surface area (Å²) in [5.74, 6) is 1.15. The molecule has 1 aliphatic carbocycles. The second-order valence-corrected chi connectivity index (χ2v) is 5.01. The molecule has 0 bridgehead atoms. The highest BCUT2D eigenvalue weighted by molar-refractivity contribution is 5.68. The van der Waals surface area contributed by atoms with Crippen molar-refractivity contribution >= 4 is 5.97 Å². The molecule has 0 saturated heterocycles. The number of ether oxygens (including phenoxy) is 2. The second kappa shape index (κ2) is 5.95. The zero-order valence-corrected chi connectivity index (χ0v) is 11.4. The van der Waals surface area contributed by atoms with Crippen LogP contribution in [0.4, 0.5) is 0 Å². The summed E-state index contributed by atoms with van der Waals surface area (Å²) < 4.78 is 10.5. The van der Waals surface area contributed by atoms with Crippen LogP contribution in [0.25, 0.3) is 0 Å². The van der Waals surface area contributed by atoms with Crippen LogP contribution in [-0.2, 0) is 4.79 Å². The van der Waals surface area contributed by atoms with Crippen LogP contribution in [0.5, 0.6) is 11.5 Å². The van der Waals surface area contributed by atoms with E-state index in [-0.39, 0.29) is 12.3 Å². The Morgan fingerprint density at radius 3 is 2.47 bits per heavy atom. The van der Waals surface area contributed by atoms with Crippen LogP contribution < -0.4 is 9.47 Å². The molecule has 0 radical (unpaired) electrons. The number of methoxy groups -OCH3 is 2. The van der Waals surface area contributed by atoms with Gasteiger partial charge >= 0.3 is 5.97 Å². The molecule has 1 atom stereocenters. The highest BCUT2D eigenvalue weighted by Gasteiger charge is 2.30. The lowest BCUT2D eigenvalue weighted by molar-refractivity contribution is -0.138. The van der Waals surface area contributed by atoms with Gasteiger partial charge in [-0.25, -0.2) is 0 Å². The Morgan fingerprint density at radius 2 is 2.00 bits per heavy atom. The Balaban J connectivity index is 2.27. The van der Waals surface area contributed by atoms with Crippen molar-refractivity contribution in [2.45, 2.75) is 31.6 Å². The number of benzene rings is 1. The van der Waals surface area contributed by atoms with Crippen LogP contribution in [0.15, 0.2) is 18.2 Å². The Kier molecular flexibility index (Phi) is 4.30. The van der Waals surface area contributed by atoms with E-state index in [1.165, 1.54) is 6.42 Å². The fraction of sp³-hybridized carbons (Fsp3) is 0.533. The first-order chi connectivity index (χ1) is 9.15. The molecule has 1 unspecified atom stereocenters. The minimum Gasteiger partial charge on any atom is -0.493 e. The molecule has 1 fully saturated rings. The first-order valence-electron chi connectivity index (χ1n) is 6.59. The molecule has 0 heterocycles. The maximum atomic E-state index is 11.0. The Labute approximate surface area is 113 Å². The number of hydrogen-bond donors (Lipinski definition) is 1. The molecule has 2 rings (SSSR count). The number of carboxylic acids is 1. The Morgan fingerprint density at radius 1 is 1.32 bits per heavy atom. The van der Waals surface area contributed by atoms with Crippen LogP contribution in [0, 0.1) is 5.92 Å². The van der Waals surface area contributed by atoms with E-state index in [1.54, 1.807) is 14.2 Å². The van der Waals surface area contributed by atoms with Crippen molar-refractivity contribution in [1.29, 1.82) is 0 Å². The highest BCUT2D eigenvalue weighted by Crippen LogP contribution is 2.43. The summed E-state index contributed by atoms with van der Waals surface area (Å²) in [6, 6.07) is 5.71. The standard InChI is InChI=1S/C15H20O4/c1-18-13-7-6-11(8-14(13)19-2)12(9-15(16)17)10-4-3-5-10/h6-8,10,12H,3-5,9H2,1-2H3,(H,16,17). The van der Waals surface area contributed by atoms with Crippen LogP contribution >= 0.6 is 0 Å². The van der Waals surface area contributed by atoms with Crippen molar-refractivity contribution < 1.29 is 19.4 Å². The molecule has 1 aromatic rings. The molecular weight excluding hydrogens is 244 g/mol. The van der Waals surface area contributed by atoms with Gasteiger partial charge in [0.25, 0.3) is 0 Å². The fourth-order valence-electron chi connectivity index (χ4n) is 2.67. The number of carbonyl (C=O) groups is 1. The first-order valence-corrected chi connectivity index (χ1v) is 6.59. The maximum absolute atomic E-state index is 11.0.